The maximum absolute atomic E-state index is 11.0. The number of carbonyl (C=O) groups excluding carboxylic acids is 1. The fourth-order valence-corrected chi connectivity index (χ4v) is 1.22. The van der Waals surface area contributed by atoms with E-state index in [1.807, 2.05) is 6.92 Å². The Hall–Kier alpha value is -1.85. The Morgan fingerprint density at radius 3 is 2.62 bits per heavy atom. The maximum Gasteiger partial charge on any atom is 0.221 e. The van der Waals surface area contributed by atoms with Gasteiger partial charge in [-0.3, -0.25) is 4.79 Å². The molecular weight excluding hydrogens is 206 g/mol. The van der Waals surface area contributed by atoms with Crippen LogP contribution in [0.3, 0.4) is 0 Å². The molecule has 1 aromatic heterocycles. The molecular formula is C10H17N5O. The Bertz CT molecular complexity index is 366. The van der Waals surface area contributed by atoms with Crippen LogP contribution in [0.1, 0.15) is 12.2 Å². The Balaban J connectivity index is 2.53. The first-order chi connectivity index (χ1) is 7.65. The molecule has 6 heteroatoms. The second-order valence-electron chi connectivity index (χ2n) is 3.29. The summed E-state index contributed by atoms with van der Waals surface area (Å²) in [6.07, 6.45) is 0.425. The minimum Gasteiger partial charge on any atom is -0.373 e. The third-order valence-electron chi connectivity index (χ3n) is 2.03. The molecule has 0 spiro atoms. The average Bonchev–Trinajstić information content (AvgIpc) is 2.28. The summed E-state index contributed by atoms with van der Waals surface area (Å²) < 4.78 is 0. The molecule has 16 heavy (non-hydrogen) atoms. The van der Waals surface area contributed by atoms with E-state index in [0.717, 1.165) is 11.6 Å². The number of amides is 1. The van der Waals surface area contributed by atoms with E-state index >= 15 is 0 Å². The molecule has 1 heterocycles. The topological polar surface area (TPSA) is 78.9 Å². The zero-order chi connectivity index (χ0) is 12.0. The normalized spacial score (nSPS) is 9.69. The van der Waals surface area contributed by atoms with Crippen molar-refractivity contribution >= 4 is 17.5 Å². The van der Waals surface area contributed by atoms with Crippen LogP contribution in [0.4, 0.5) is 11.6 Å². The van der Waals surface area contributed by atoms with Crippen molar-refractivity contribution in [1.82, 2.24) is 15.3 Å². The van der Waals surface area contributed by atoms with Gasteiger partial charge in [0.05, 0.1) is 0 Å². The van der Waals surface area contributed by atoms with Gasteiger partial charge in [0.1, 0.15) is 17.5 Å². The summed E-state index contributed by atoms with van der Waals surface area (Å²) in [5.41, 5.74) is 0. The fraction of sp³-hybridized carbons (Fsp3) is 0.500. The zero-order valence-electron chi connectivity index (χ0n) is 9.79. The van der Waals surface area contributed by atoms with Crippen molar-refractivity contribution in [3.05, 3.63) is 11.9 Å². The SMILES string of the molecule is CNC(=O)CCNc1cc(NC)nc(C)n1. The van der Waals surface area contributed by atoms with E-state index in [1.165, 1.54) is 0 Å². The number of aryl methyl sites for hydroxylation is 1. The third-order valence-corrected chi connectivity index (χ3v) is 2.03. The molecule has 1 amide bonds. The van der Waals surface area contributed by atoms with Gasteiger partial charge in [0, 0.05) is 33.1 Å². The Morgan fingerprint density at radius 2 is 2.00 bits per heavy atom. The molecule has 0 atom stereocenters. The number of nitrogens with one attached hydrogen (secondary N) is 3. The van der Waals surface area contributed by atoms with Crippen molar-refractivity contribution in [3.63, 3.8) is 0 Å². The van der Waals surface area contributed by atoms with Crippen molar-refractivity contribution in [2.24, 2.45) is 0 Å². The highest BCUT2D eigenvalue weighted by atomic mass is 16.1. The van der Waals surface area contributed by atoms with E-state index in [2.05, 4.69) is 25.9 Å². The molecule has 0 radical (unpaired) electrons. The lowest BCUT2D eigenvalue weighted by Gasteiger charge is -2.07. The zero-order valence-corrected chi connectivity index (χ0v) is 9.79. The van der Waals surface area contributed by atoms with Crippen LogP contribution >= 0.6 is 0 Å². The summed E-state index contributed by atoms with van der Waals surface area (Å²) in [7, 11) is 3.42. The summed E-state index contributed by atoms with van der Waals surface area (Å²) in [5.74, 6) is 2.18. The second kappa shape index (κ2) is 5.89. The maximum atomic E-state index is 11.0. The Labute approximate surface area is 94.9 Å². The van der Waals surface area contributed by atoms with E-state index in [4.69, 9.17) is 0 Å². The standard InChI is InChI=1S/C10H17N5O/c1-7-14-8(11-2)6-9(15-7)13-5-4-10(16)12-3/h6H,4-5H2,1-3H3,(H,12,16)(H2,11,13,14,15). The minimum atomic E-state index is 0.00659. The first-order valence-electron chi connectivity index (χ1n) is 5.13. The van der Waals surface area contributed by atoms with Crippen molar-refractivity contribution in [1.29, 1.82) is 0 Å². The fourth-order valence-electron chi connectivity index (χ4n) is 1.22. The summed E-state index contributed by atoms with van der Waals surface area (Å²) in [5, 5.41) is 8.58. The van der Waals surface area contributed by atoms with E-state index in [0.29, 0.717) is 18.8 Å². The molecule has 0 unspecified atom stereocenters. The van der Waals surface area contributed by atoms with Crippen molar-refractivity contribution in [2.75, 3.05) is 31.3 Å². The van der Waals surface area contributed by atoms with Crippen LogP contribution in [0.15, 0.2) is 6.07 Å². The van der Waals surface area contributed by atoms with Crippen molar-refractivity contribution in [2.45, 2.75) is 13.3 Å². The molecule has 88 valence electrons. The summed E-state index contributed by atoms with van der Waals surface area (Å²) in [6, 6.07) is 1.80. The van der Waals surface area contributed by atoms with Gasteiger partial charge in [-0.15, -0.1) is 0 Å². The van der Waals surface area contributed by atoms with Gasteiger partial charge in [-0.1, -0.05) is 0 Å². The van der Waals surface area contributed by atoms with E-state index in [-0.39, 0.29) is 5.91 Å². The number of hydrogen-bond donors (Lipinski definition) is 3. The highest BCUT2D eigenvalue weighted by Gasteiger charge is 2.01. The smallest absolute Gasteiger partial charge is 0.221 e. The lowest BCUT2D eigenvalue weighted by molar-refractivity contribution is -0.120. The molecule has 6 nitrogen and oxygen atoms in total. The van der Waals surface area contributed by atoms with Gasteiger partial charge in [0.2, 0.25) is 5.91 Å². The first-order valence-corrected chi connectivity index (χ1v) is 5.13. The average molecular weight is 223 g/mol. The number of nitrogens with zero attached hydrogens (tertiary/aromatic N) is 2. The number of carbonyl (C=O) groups is 1. The quantitative estimate of drug-likeness (QED) is 0.672. The van der Waals surface area contributed by atoms with Gasteiger partial charge in [0.15, 0.2) is 0 Å². The monoisotopic (exact) mass is 223 g/mol. The van der Waals surface area contributed by atoms with Crippen LogP contribution in [0, 0.1) is 6.92 Å². The van der Waals surface area contributed by atoms with E-state index in [9.17, 15) is 4.79 Å². The predicted molar refractivity (Wildman–Crippen MR) is 63.5 cm³/mol. The molecule has 3 N–H and O–H groups in total. The molecule has 0 saturated carbocycles. The third kappa shape index (κ3) is 3.72. The molecule has 0 aliphatic carbocycles. The summed E-state index contributed by atoms with van der Waals surface area (Å²) in [4.78, 5) is 19.4. The molecule has 0 fully saturated rings. The number of aromatic nitrogens is 2. The molecule has 0 aliphatic rings. The van der Waals surface area contributed by atoms with Crippen LogP contribution in [0.5, 0.6) is 0 Å². The first kappa shape index (κ1) is 12.2. The van der Waals surface area contributed by atoms with Crippen molar-refractivity contribution < 1.29 is 4.79 Å². The molecule has 1 aromatic rings. The number of anilines is 2. The molecule has 0 aromatic carbocycles. The largest absolute Gasteiger partial charge is 0.373 e. The lowest BCUT2D eigenvalue weighted by atomic mass is 10.4. The second-order valence-corrected chi connectivity index (χ2v) is 3.29. The highest BCUT2D eigenvalue weighted by Crippen LogP contribution is 2.09. The van der Waals surface area contributed by atoms with Gasteiger partial charge in [-0.05, 0) is 6.92 Å². The van der Waals surface area contributed by atoms with Gasteiger partial charge >= 0.3 is 0 Å². The number of hydrogen-bond acceptors (Lipinski definition) is 5. The lowest BCUT2D eigenvalue weighted by Crippen LogP contribution is -2.21. The highest BCUT2D eigenvalue weighted by molar-refractivity contribution is 5.76. The van der Waals surface area contributed by atoms with Gasteiger partial charge < -0.3 is 16.0 Å². The van der Waals surface area contributed by atoms with Gasteiger partial charge in [-0.25, -0.2) is 9.97 Å². The summed E-state index contributed by atoms with van der Waals surface area (Å²) in [6.45, 7) is 2.38. The van der Waals surface area contributed by atoms with Crippen LogP contribution in [-0.2, 0) is 4.79 Å². The molecule has 0 saturated heterocycles. The van der Waals surface area contributed by atoms with Crippen LogP contribution in [0.2, 0.25) is 0 Å². The minimum absolute atomic E-state index is 0.00659. The molecule has 0 bridgehead atoms. The van der Waals surface area contributed by atoms with Crippen molar-refractivity contribution in [3.8, 4) is 0 Å². The molecule has 1 rings (SSSR count). The van der Waals surface area contributed by atoms with E-state index < -0.39 is 0 Å². The number of rotatable bonds is 5. The Morgan fingerprint density at radius 1 is 1.31 bits per heavy atom. The van der Waals surface area contributed by atoms with Gasteiger partial charge in [-0.2, -0.15) is 0 Å². The van der Waals surface area contributed by atoms with Crippen LogP contribution < -0.4 is 16.0 Å². The van der Waals surface area contributed by atoms with Crippen LogP contribution in [-0.4, -0.2) is 36.5 Å². The van der Waals surface area contributed by atoms with E-state index in [1.54, 1.807) is 20.2 Å². The predicted octanol–water partition coefficient (Wildman–Crippen LogP) is 0.375. The van der Waals surface area contributed by atoms with Gasteiger partial charge in [0.25, 0.3) is 0 Å². The summed E-state index contributed by atoms with van der Waals surface area (Å²) >= 11 is 0. The Kier molecular flexibility index (Phi) is 4.50. The molecule has 0 aliphatic heterocycles. The van der Waals surface area contributed by atoms with Crippen LogP contribution in [0.25, 0.3) is 0 Å².